The van der Waals surface area contributed by atoms with E-state index in [1.165, 1.54) is 11.1 Å². The van der Waals surface area contributed by atoms with Crippen LogP contribution in [0.15, 0.2) is 36.4 Å². The van der Waals surface area contributed by atoms with Gasteiger partial charge in [0.15, 0.2) is 0 Å². The molecule has 2 aromatic rings. The lowest BCUT2D eigenvalue weighted by atomic mass is 10.0. The lowest BCUT2D eigenvalue weighted by Crippen LogP contribution is -2.54. The second-order valence-electron chi connectivity index (χ2n) is 8.40. The Hall–Kier alpha value is -3.52. The predicted octanol–water partition coefficient (Wildman–Crippen LogP) is 1.74. The molecule has 0 saturated carbocycles. The number of nitrogens with one attached hydrogen (secondary N) is 3. The first-order valence-corrected chi connectivity index (χ1v) is 10.9. The lowest BCUT2D eigenvalue weighted by Gasteiger charge is -2.27. The average molecular weight is 432 g/mol. The molecule has 1 saturated heterocycles. The minimum absolute atomic E-state index is 0.103. The Balaban J connectivity index is 1.37. The third kappa shape index (κ3) is 3.56. The van der Waals surface area contributed by atoms with E-state index >= 15 is 0 Å². The topological polar surface area (TPSA) is 108 Å². The molecule has 0 aliphatic carbocycles. The molecule has 8 heteroatoms. The maximum absolute atomic E-state index is 13.2. The van der Waals surface area contributed by atoms with E-state index in [0.29, 0.717) is 23.2 Å². The molecule has 2 aromatic carbocycles. The van der Waals surface area contributed by atoms with Crippen LogP contribution < -0.4 is 16.0 Å². The van der Waals surface area contributed by atoms with Gasteiger partial charge in [0.2, 0.25) is 11.8 Å². The standard InChI is InChI=1S/C24H24N4O4/c29-20-9-8-19(22(30)27-20)28-23(31)18-5-1-3-15(21(18)24(28)32)13-26-17-7-6-14-4-2-10-25-12-16(14)11-17/h1,3,5-7,11,19,25-26H,2,4,8-10,12-13H2,(H,27,29,30). The molecule has 0 aromatic heterocycles. The largest absolute Gasteiger partial charge is 0.381 e. The summed E-state index contributed by atoms with van der Waals surface area (Å²) in [5.41, 5.74) is 4.88. The number of aryl methyl sites for hydroxylation is 1. The van der Waals surface area contributed by atoms with E-state index in [4.69, 9.17) is 0 Å². The van der Waals surface area contributed by atoms with Gasteiger partial charge in [0.05, 0.1) is 11.1 Å². The Bertz CT molecular complexity index is 1140. The zero-order valence-electron chi connectivity index (χ0n) is 17.6. The molecule has 1 fully saturated rings. The molecule has 3 aliphatic heterocycles. The Kier molecular flexibility index (Phi) is 5.22. The molecule has 3 heterocycles. The minimum atomic E-state index is -0.960. The van der Waals surface area contributed by atoms with Crippen LogP contribution in [-0.2, 0) is 29.1 Å². The Morgan fingerprint density at radius 3 is 2.72 bits per heavy atom. The number of amides is 4. The second-order valence-corrected chi connectivity index (χ2v) is 8.40. The van der Waals surface area contributed by atoms with E-state index in [0.717, 1.165) is 36.5 Å². The van der Waals surface area contributed by atoms with Crippen LogP contribution in [0, 0.1) is 0 Å². The predicted molar refractivity (Wildman–Crippen MR) is 117 cm³/mol. The summed E-state index contributed by atoms with van der Waals surface area (Å²) < 4.78 is 0. The lowest BCUT2D eigenvalue weighted by molar-refractivity contribution is -0.136. The number of imide groups is 2. The van der Waals surface area contributed by atoms with Crippen molar-refractivity contribution in [1.82, 2.24) is 15.5 Å². The number of benzene rings is 2. The molecule has 0 bridgehead atoms. The van der Waals surface area contributed by atoms with E-state index in [-0.39, 0.29) is 18.7 Å². The van der Waals surface area contributed by atoms with Crippen LogP contribution in [0.1, 0.15) is 56.7 Å². The first-order chi connectivity index (χ1) is 15.5. The molecule has 3 aliphatic rings. The van der Waals surface area contributed by atoms with Crippen LogP contribution in [0.25, 0.3) is 0 Å². The molecule has 164 valence electrons. The highest BCUT2D eigenvalue weighted by atomic mass is 16.2. The van der Waals surface area contributed by atoms with Gasteiger partial charge >= 0.3 is 0 Å². The van der Waals surface area contributed by atoms with Gasteiger partial charge in [-0.3, -0.25) is 29.4 Å². The normalized spacial score (nSPS) is 20.5. The number of nitrogens with zero attached hydrogens (tertiary/aromatic N) is 1. The zero-order chi connectivity index (χ0) is 22.2. The van der Waals surface area contributed by atoms with Crippen molar-refractivity contribution in [3.05, 3.63) is 64.2 Å². The Morgan fingerprint density at radius 2 is 1.88 bits per heavy atom. The van der Waals surface area contributed by atoms with E-state index in [2.05, 4.69) is 28.1 Å². The summed E-state index contributed by atoms with van der Waals surface area (Å²) in [6, 6.07) is 10.5. The van der Waals surface area contributed by atoms with Gasteiger partial charge in [-0.2, -0.15) is 0 Å². The number of carbonyl (C=O) groups is 4. The van der Waals surface area contributed by atoms with Crippen molar-refractivity contribution >= 4 is 29.3 Å². The van der Waals surface area contributed by atoms with Crippen molar-refractivity contribution in [1.29, 1.82) is 0 Å². The molecular formula is C24H24N4O4. The third-order valence-electron chi connectivity index (χ3n) is 6.36. The van der Waals surface area contributed by atoms with Gasteiger partial charge < -0.3 is 10.6 Å². The summed E-state index contributed by atoms with van der Waals surface area (Å²) in [5, 5.41) is 9.02. The molecule has 1 atom stereocenters. The fourth-order valence-corrected chi connectivity index (χ4v) is 4.70. The van der Waals surface area contributed by atoms with Gasteiger partial charge in [-0.15, -0.1) is 0 Å². The summed E-state index contributed by atoms with van der Waals surface area (Å²) in [5.74, 6) is -1.96. The van der Waals surface area contributed by atoms with Crippen molar-refractivity contribution < 1.29 is 19.2 Å². The number of carbonyl (C=O) groups excluding carboxylic acids is 4. The molecule has 3 N–H and O–H groups in total. The van der Waals surface area contributed by atoms with Gasteiger partial charge in [-0.25, -0.2) is 0 Å². The Labute approximate surface area is 185 Å². The zero-order valence-corrected chi connectivity index (χ0v) is 17.6. The highest BCUT2D eigenvalue weighted by Crippen LogP contribution is 2.30. The molecule has 32 heavy (non-hydrogen) atoms. The number of piperidine rings is 1. The van der Waals surface area contributed by atoms with E-state index < -0.39 is 23.8 Å². The highest BCUT2D eigenvalue weighted by molar-refractivity contribution is 6.24. The summed E-state index contributed by atoms with van der Waals surface area (Å²) >= 11 is 0. The van der Waals surface area contributed by atoms with Gasteiger partial charge in [0.1, 0.15) is 6.04 Å². The van der Waals surface area contributed by atoms with Gasteiger partial charge in [0.25, 0.3) is 11.8 Å². The first-order valence-electron chi connectivity index (χ1n) is 10.9. The van der Waals surface area contributed by atoms with Crippen molar-refractivity contribution in [2.45, 2.75) is 44.8 Å². The molecule has 4 amide bonds. The summed E-state index contributed by atoms with van der Waals surface area (Å²) in [6.45, 7) is 2.21. The van der Waals surface area contributed by atoms with Crippen LogP contribution in [0.3, 0.4) is 0 Å². The number of hydrogen-bond donors (Lipinski definition) is 3. The minimum Gasteiger partial charge on any atom is -0.381 e. The van der Waals surface area contributed by atoms with Gasteiger partial charge in [-0.05, 0) is 60.7 Å². The number of fused-ring (bicyclic) bond motifs is 2. The third-order valence-corrected chi connectivity index (χ3v) is 6.36. The fraction of sp³-hybridized carbons (Fsp3) is 0.333. The van der Waals surface area contributed by atoms with Gasteiger partial charge in [0, 0.05) is 25.2 Å². The average Bonchev–Trinajstić information content (AvgIpc) is 2.94. The number of rotatable bonds is 4. The molecule has 0 radical (unpaired) electrons. The molecular weight excluding hydrogens is 408 g/mol. The molecule has 8 nitrogen and oxygen atoms in total. The fourth-order valence-electron chi connectivity index (χ4n) is 4.70. The van der Waals surface area contributed by atoms with E-state index in [9.17, 15) is 19.2 Å². The number of hydrogen-bond acceptors (Lipinski definition) is 6. The van der Waals surface area contributed by atoms with Crippen molar-refractivity contribution in [3.63, 3.8) is 0 Å². The second kappa shape index (κ2) is 8.20. The Morgan fingerprint density at radius 1 is 1.00 bits per heavy atom. The van der Waals surface area contributed by atoms with Crippen LogP contribution in [0.5, 0.6) is 0 Å². The van der Waals surface area contributed by atoms with Crippen molar-refractivity contribution in [2.24, 2.45) is 0 Å². The van der Waals surface area contributed by atoms with Crippen molar-refractivity contribution in [2.75, 3.05) is 11.9 Å². The molecule has 1 unspecified atom stereocenters. The van der Waals surface area contributed by atoms with Crippen LogP contribution in [0.4, 0.5) is 5.69 Å². The van der Waals surface area contributed by atoms with Crippen LogP contribution in [-0.4, -0.2) is 41.1 Å². The first kappa shape index (κ1) is 20.4. The maximum Gasteiger partial charge on any atom is 0.262 e. The van der Waals surface area contributed by atoms with Crippen molar-refractivity contribution in [3.8, 4) is 0 Å². The summed E-state index contributed by atoms with van der Waals surface area (Å²) in [7, 11) is 0. The monoisotopic (exact) mass is 432 g/mol. The van der Waals surface area contributed by atoms with Gasteiger partial charge in [-0.1, -0.05) is 18.2 Å². The van der Waals surface area contributed by atoms with E-state index in [1.807, 2.05) is 12.1 Å². The summed E-state index contributed by atoms with van der Waals surface area (Å²) in [6.07, 6.45) is 2.43. The van der Waals surface area contributed by atoms with E-state index in [1.54, 1.807) is 12.1 Å². The molecule has 0 spiro atoms. The summed E-state index contributed by atoms with van der Waals surface area (Å²) in [4.78, 5) is 50.9. The van der Waals surface area contributed by atoms with Crippen LogP contribution >= 0.6 is 0 Å². The van der Waals surface area contributed by atoms with Crippen LogP contribution in [0.2, 0.25) is 0 Å². The number of anilines is 1. The maximum atomic E-state index is 13.2. The molecule has 5 rings (SSSR count). The highest BCUT2D eigenvalue weighted by Gasteiger charge is 2.45. The smallest absolute Gasteiger partial charge is 0.262 e. The SMILES string of the molecule is O=C1CCC(N2C(=O)c3cccc(CNc4ccc5c(c4)CNCCC5)c3C2=O)C(=O)N1. The quantitative estimate of drug-likeness (QED) is 0.636.